The van der Waals surface area contributed by atoms with Gasteiger partial charge in [-0.2, -0.15) is 0 Å². The SMILES string of the molecule is CC(=O)NC1C(Oc2ccc(/C=C/C(=O)c3ccc(Cl)cc3)cc2)OC2COC(c3ccco3)OC2C1OC(C)C(=O)O. The molecule has 7 unspecified atom stereocenters. The van der Waals surface area contributed by atoms with E-state index < -0.39 is 54.9 Å². The number of hydrogen-bond acceptors (Lipinski definition) is 9. The Morgan fingerprint density at radius 3 is 2.47 bits per heavy atom. The van der Waals surface area contributed by atoms with Crippen LogP contribution in [0.3, 0.4) is 0 Å². The van der Waals surface area contributed by atoms with Gasteiger partial charge in [0.2, 0.25) is 18.5 Å². The maximum atomic E-state index is 12.5. The van der Waals surface area contributed by atoms with Crippen molar-refractivity contribution in [2.45, 2.75) is 56.9 Å². The molecule has 11 nitrogen and oxygen atoms in total. The number of hydrogen-bond donors (Lipinski definition) is 2. The summed E-state index contributed by atoms with van der Waals surface area (Å²) in [7, 11) is 0. The molecule has 0 bridgehead atoms. The number of benzene rings is 2. The molecule has 7 atom stereocenters. The highest BCUT2D eigenvalue weighted by Gasteiger charge is 2.53. The minimum Gasteiger partial charge on any atom is -0.479 e. The van der Waals surface area contributed by atoms with Crippen molar-refractivity contribution >= 4 is 35.3 Å². The highest BCUT2D eigenvalue weighted by Crippen LogP contribution is 2.36. The second-order valence-corrected chi connectivity index (χ2v) is 10.5. The maximum absolute atomic E-state index is 12.5. The quantitative estimate of drug-likeness (QED) is 0.250. The van der Waals surface area contributed by atoms with E-state index in [1.807, 2.05) is 0 Å². The lowest BCUT2D eigenvalue weighted by Gasteiger charge is -2.49. The number of carboxylic acid groups (broad SMARTS) is 1. The monoisotopic (exact) mass is 611 g/mol. The fourth-order valence-corrected chi connectivity index (χ4v) is 4.89. The predicted molar refractivity (Wildman–Crippen MR) is 152 cm³/mol. The number of ketones is 1. The Morgan fingerprint density at radius 1 is 1.07 bits per heavy atom. The minimum atomic E-state index is -1.23. The molecule has 12 heteroatoms. The standard InChI is InChI=1S/C31H30ClNO10/c1-17(29(36)37)40-28-26(33-18(2)34)31(42-25-16-39-30(43-27(25)28)24-4-3-15-38-24)41-22-12-5-19(6-13-22)7-14-23(35)20-8-10-21(32)11-9-20/h3-15,17,25-28,30-31H,16H2,1-2H3,(H,33,34)(H,36,37)/b14-7+. The zero-order valence-electron chi connectivity index (χ0n) is 23.3. The number of carbonyl (C=O) groups excluding carboxylic acids is 2. The highest BCUT2D eigenvalue weighted by molar-refractivity contribution is 6.30. The van der Waals surface area contributed by atoms with E-state index in [0.717, 1.165) is 5.56 Å². The third-order valence-corrected chi connectivity index (χ3v) is 7.13. The van der Waals surface area contributed by atoms with Crippen LogP contribution < -0.4 is 10.1 Å². The van der Waals surface area contributed by atoms with E-state index in [4.69, 9.17) is 39.7 Å². The molecule has 1 amide bonds. The first-order valence-corrected chi connectivity index (χ1v) is 13.9. The largest absolute Gasteiger partial charge is 0.479 e. The Labute approximate surface area is 252 Å². The summed E-state index contributed by atoms with van der Waals surface area (Å²) in [5.41, 5.74) is 1.25. The number of halogens is 1. The molecule has 3 heterocycles. The second kappa shape index (κ2) is 13.5. The molecule has 3 aromatic rings. The Bertz CT molecular complexity index is 1440. The average Bonchev–Trinajstić information content (AvgIpc) is 3.53. The van der Waals surface area contributed by atoms with Gasteiger partial charge in [-0.05, 0) is 67.1 Å². The van der Waals surface area contributed by atoms with Gasteiger partial charge in [0, 0.05) is 17.5 Å². The van der Waals surface area contributed by atoms with Crippen LogP contribution in [-0.2, 0) is 28.5 Å². The summed E-state index contributed by atoms with van der Waals surface area (Å²) in [5, 5.41) is 12.9. The van der Waals surface area contributed by atoms with Crippen molar-refractivity contribution in [1.82, 2.24) is 5.32 Å². The van der Waals surface area contributed by atoms with Crippen LogP contribution in [0.2, 0.25) is 5.02 Å². The molecule has 0 radical (unpaired) electrons. The van der Waals surface area contributed by atoms with Crippen LogP contribution in [0.5, 0.6) is 5.75 Å². The molecule has 43 heavy (non-hydrogen) atoms. The highest BCUT2D eigenvalue weighted by atomic mass is 35.5. The van der Waals surface area contributed by atoms with Crippen molar-refractivity contribution in [3.8, 4) is 5.75 Å². The molecule has 2 N–H and O–H groups in total. The van der Waals surface area contributed by atoms with Gasteiger partial charge in [0.15, 0.2) is 17.6 Å². The normalized spacial score (nSPS) is 25.9. The molecule has 5 rings (SSSR count). The lowest BCUT2D eigenvalue weighted by atomic mass is 9.95. The van der Waals surface area contributed by atoms with Crippen molar-refractivity contribution in [2.24, 2.45) is 0 Å². The van der Waals surface area contributed by atoms with E-state index in [1.165, 1.54) is 26.2 Å². The molecule has 2 saturated heterocycles. The topological polar surface area (TPSA) is 143 Å². The second-order valence-electron chi connectivity index (χ2n) is 10.0. The molecule has 2 fully saturated rings. The van der Waals surface area contributed by atoms with Crippen molar-refractivity contribution in [3.63, 3.8) is 0 Å². The fourth-order valence-electron chi connectivity index (χ4n) is 4.76. The van der Waals surface area contributed by atoms with Crippen molar-refractivity contribution in [1.29, 1.82) is 0 Å². The van der Waals surface area contributed by atoms with E-state index in [0.29, 0.717) is 22.1 Å². The number of aliphatic carboxylic acids is 1. The number of allylic oxidation sites excluding steroid dienone is 1. The van der Waals surface area contributed by atoms with Gasteiger partial charge in [0.05, 0.1) is 12.9 Å². The molecular formula is C31H30ClNO10. The van der Waals surface area contributed by atoms with Crippen LogP contribution in [0.4, 0.5) is 0 Å². The number of furan rings is 1. The summed E-state index contributed by atoms with van der Waals surface area (Å²) in [4.78, 5) is 36.4. The van der Waals surface area contributed by atoms with E-state index in [2.05, 4.69) is 5.32 Å². The summed E-state index contributed by atoms with van der Waals surface area (Å²) in [6.45, 7) is 2.78. The number of amides is 1. The predicted octanol–water partition coefficient (Wildman–Crippen LogP) is 4.41. The maximum Gasteiger partial charge on any atom is 0.332 e. The van der Waals surface area contributed by atoms with Crippen LogP contribution in [0.25, 0.3) is 6.08 Å². The summed E-state index contributed by atoms with van der Waals surface area (Å²) >= 11 is 5.89. The van der Waals surface area contributed by atoms with Crippen molar-refractivity contribution in [2.75, 3.05) is 6.61 Å². The molecule has 2 aliphatic heterocycles. The zero-order chi connectivity index (χ0) is 30.5. The number of fused-ring (bicyclic) bond motifs is 1. The van der Waals surface area contributed by atoms with Crippen molar-refractivity contribution < 1.29 is 47.6 Å². The number of nitrogens with one attached hydrogen (secondary N) is 1. The molecule has 0 saturated carbocycles. The summed E-state index contributed by atoms with van der Waals surface area (Å²) in [6, 6.07) is 15.9. The van der Waals surface area contributed by atoms with Crippen LogP contribution in [0.15, 0.2) is 77.4 Å². The van der Waals surface area contributed by atoms with Gasteiger partial charge in [-0.25, -0.2) is 4.79 Å². The summed E-state index contributed by atoms with van der Waals surface area (Å²) < 4.78 is 35.7. The fraction of sp³-hybridized carbons (Fsp3) is 0.323. The van der Waals surface area contributed by atoms with Gasteiger partial charge in [0.25, 0.3) is 0 Å². The van der Waals surface area contributed by atoms with E-state index in [1.54, 1.807) is 66.7 Å². The lowest BCUT2D eigenvalue weighted by molar-refractivity contribution is -0.343. The van der Waals surface area contributed by atoms with Gasteiger partial charge in [0.1, 0.15) is 30.1 Å². The third kappa shape index (κ3) is 7.51. The average molecular weight is 612 g/mol. The first-order valence-electron chi connectivity index (χ1n) is 13.5. The van der Waals surface area contributed by atoms with Crippen LogP contribution in [0, 0.1) is 0 Å². The number of carboxylic acids is 1. The number of carbonyl (C=O) groups is 3. The van der Waals surface area contributed by atoms with Crippen molar-refractivity contribution in [3.05, 3.63) is 94.9 Å². The van der Waals surface area contributed by atoms with E-state index >= 15 is 0 Å². The molecule has 0 aliphatic carbocycles. The van der Waals surface area contributed by atoms with Crippen LogP contribution in [0.1, 0.15) is 41.8 Å². The Kier molecular flexibility index (Phi) is 9.59. The van der Waals surface area contributed by atoms with Crippen LogP contribution >= 0.6 is 11.6 Å². The molecule has 2 aromatic carbocycles. The van der Waals surface area contributed by atoms with Gasteiger partial charge < -0.3 is 38.5 Å². The molecule has 0 spiro atoms. The third-order valence-electron chi connectivity index (χ3n) is 6.88. The Morgan fingerprint density at radius 2 is 1.81 bits per heavy atom. The van der Waals surface area contributed by atoms with Gasteiger partial charge in [-0.1, -0.05) is 29.8 Å². The van der Waals surface area contributed by atoms with E-state index in [9.17, 15) is 19.5 Å². The first-order chi connectivity index (χ1) is 20.7. The van der Waals surface area contributed by atoms with Crippen LogP contribution in [-0.4, -0.2) is 66.1 Å². The zero-order valence-corrected chi connectivity index (χ0v) is 24.0. The number of ether oxygens (including phenoxy) is 5. The van der Waals surface area contributed by atoms with Gasteiger partial charge >= 0.3 is 5.97 Å². The molecule has 1 aromatic heterocycles. The minimum absolute atomic E-state index is 0.0649. The summed E-state index contributed by atoms with van der Waals surface area (Å²) in [6.07, 6.45) is -1.11. The Hall–Kier alpha value is -4.00. The molecule has 226 valence electrons. The van der Waals surface area contributed by atoms with Gasteiger partial charge in [-0.15, -0.1) is 0 Å². The smallest absolute Gasteiger partial charge is 0.332 e. The molecular weight excluding hydrogens is 582 g/mol. The number of rotatable bonds is 10. The van der Waals surface area contributed by atoms with E-state index in [-0.39, 0.29) is 12.4 Å². The molecule has 2 aliphatic rings. The summed E-state index contributed by atoms with van der Waals surface area (Å²) in [5.74, 6) is -0.946. The van der Waals surface area contributed by atoms with Gasteiger partial charge in [-0.3, -0.25) is 9.59 Å². The Balaban J connectivity index is 1.34. The lowest BCUT2D eigenvalue weighted by Crippen LogP contribution is -2.68. The first kappa shape index (κ1) is 30.5.